The molecular weight excluding hydrogens is 695 g/mol. The van der Waals surface area contributed by atoms with Crippen molar-refractivity contribution in [3.05, 3.63) is 206 Å². The number of rotatable bonds is 7. The number of anilines is 3. The zero-order chi connectivity index (χ0) is 37.9. The average Bonchev–Trinajstić information content (AvgIpc) is 3.85. The second-order valence-electron chi connectivity index (χ2n) is 14.6. The summed E-state index contributed by atoms with van der Waals surface area (Å²) in [7, 11) is 0. The van der Waals surface area contributed by atoms with Gasteiger partial charge in [0, 0.05) is 44.2 Å². The summed E-state index contributed by atoms with van der Waals surface area (Å²) in [5.74, 6) is 0. The second kappa shape index (κ2) is 13.3. The maximum Gasteiger partial charge on any atom is 0.143 e. The van der Waals surface area contributed by atoms with Gasteiger partial charge in [-0.1, -0.05) is 140 Å². The Kier molecular flexibility index (Phi) is 7.65. The van der Waals surface area contributed by atoms with E-state index in [1.807, 2.05) is 30.3 Å². The van der Waals surface area contributed by atoms with Gasteiger partial charge in [0.05, 0.1) is 0 Å². The number of benzene rings is 9. The molecule has 0 aliphatic heterocycles. The van der Waals surface area contributed by atoms with Gasteiger partial charge in [-0.05, 0) is 111 Å². The lowest BCUT2D eigenvalue weighted by molar-refractivity contribution is 0.669. The van der Waals surface area contributed by atoms with Gasteiger partial charge in [0.25, 0.3) is 0 Å². The third kappa shape index (κ3) is 5.68. The molecule has 0 fully saturated rings. The summed E-state index contributed by atoms with van der Waals surface area (Å²) < 4.78 is 12.5. The zero-order valence-electron chi connectivity index (χ0n) is 31.0. The zero-order valence-corrected chi connectivity index (χ0v) is 31.0. The lowest BCUT2D eigenvalue weighted by atomic mass is 9.99. The highest BCUT2D eigenvalue weighted by Gasteiger charge is 2.17. The molecule has 0 aliphatic rings. The van der Waals surface area contributed by atoms with Crippen LogP contribution in [0.25, 0.3) is 94.1 Å². The first-order valence-electron chi connectivity index (χ1n) is 19.3. The Morgan fingerprint density at radius 2 is 0.895 bits per heavy atom. The number of para-hydroxylation sites is 3. The molecule has 0 bridgehead atoms. The molecule has 0 amide bonds. The lowest BCUT2D eigenvalue weighted by Gasteiger charge is -2.26. The van der Waals surface area contributed by atoms with Gasteiger partial charge in [-0.3, -0.25) is 0 Å². The number of furan rings is 2. The molecule has 0 saturated heterocycles. The van der Waals surface area contributed by atoms with Crippen LogP contribution in [0.15, 0.2) is 210 Å². The van der Waals surface area contributed by atoms with E-state index < -0.39 is 0 Å². The van der Waals surface area contributed by atoms with Gasteiger partial charge in [-0.15, -0.1) is 0 Å². The first-order valence-corrected chi connectivity index (χ1v) is 19.3. The Bertz CT molecular complexity index is 3290. The van der Waals surface area contributed by atoms with Crippen molar-refractivity contribution < 1.29 is 8.83 Å². The quantitative estimate of drug-likeness (QED) is 0.164. The third-order valence-corrected chi connectivity index (χ3v) is 11.2. The predicted molar refractivity (Wildman–Crippen MR) is 240 cm³/mol. The molecule has 2 aromatic heterocycles. The number of hydrogen-bond acceptors (Lipinski definition) is 3. The van der Waals surface area contributed by atoms with Gasteiger partial charge >= 0.3 is 0 Å². The maximum atomic E-state index is 6.41. The SMILES string of the molecule is C=Cc1ccc(-c2ccc(N(c3ccc(-c4cccc5c4oc4ccccc45)cc3)c3ccc4cc(-c5ccc6oc7ccccc7c6c5)ccc4c3)cc2)cc1. The van der Waals surface area contributed by atoms with E-state index in [0.717, 1.165) is 83.2 Å². The Morgan fingerprint density at radius 1 is 0.368 bits per heavy atom. The summed E-state index contributed by atoms with van der Waals surface area (Å²) in [6, 6.07) is 69.0. The van der Waals surface area contributed by atoms with Crippen LogP contribution in [0, 0.1) is 0 Å². The van der Waals surface area contributed by atoms with Crippen LogP contribution in [0.3, 0.4) is 0 Å². The third-order valence-electron chi connectivity index (χ3n) is 11.2. The normalized spacial score (nSPS) is 11.6. The molecule has 0 N–H and O–H groups in total. The first-order chi connectivity index (χ1) is 28.2. The molecule has 0 atom stereocenters. The first kappa shape index (κ1) is 32.8. The molecular formula is C54H35NO2. The maximum absolute atomic E-state index is 6.41. The van der Waals surface area contributed by atoms with Crippen LogP contribution in [0.2, 0.25) is 0 Å². The molecule has 2 heterocycles. The minimum atomic E-state index is 0.902. The highest BCUT2D eigenvalue weighted by molar-refractivity contribution is 6.10. The molecule has 3 nitrogen and oxygen atoms in total. The van der Waals surface area contributed by atoms with E-state index in [9.17, 15) is 0 Å². The van der Waals surface area contributed by atoms with Gasteiger partial charge in [0.2, 0.25) is 0 Å². The Hall–Kier alpha value is -7.62. The van der Waals surface area contributed by atoms with Crippen molar-refractivity contribution in [1.29, 1.82) is 0 Å². The largest absolute Gasteiger partial charge is 0.456 e. The van der Waals surface area contributed by atoms with Crippen molar-refractivity contribution in [3.63, 3.8) is 0 Å². The standard InChI is InChI=1S/C54H35NO2/c1-2-35-14-16-36(17-15-35)37-20-26-43(27-21-37)55(44-28-22-38(23-29-44)46-10-7-11-49-47-8-3-6-13-52(47)57-54(46)49)45-30-24-40-32-39(18-19-41(40)33-45)42-25-31-53-50(34-42)48-9-4-5-12-51(48)56-53/h2-34H,1H2. The van der Waals surface area contributed by atoms with Crippen LogP contribution >= 0.6 is 0 Å². The monoisotopic (exact) mass is 729 g/mol. The van der Waals surface area contributed by atoms with Crippen LogP contribution in [-0.4, -0.2) is 0 Å². The topological polar surface area (TPSA) is 29.5 Å². The van der Waals surface area contributed by atoms with Crippen LogP contribution < -0.4 is 4.90 Å². The number of fused-ring (bicyclic) bond motifs is 7. The van der Waals surface area contributed by atoms with E-state index in [-0.39, 0.29) is 0 Å². The molecule has 268 valence electrons. The average molecular weight is 730 g/mol. The molecule has 3 heteroatoms. The minimum Gasteiger partial charge on any atom is -0.456 e. The van der Waals surface area contributed by atoms with Crippen molar-refractivity contribution in [2.45, 2.75) is 0 Å². The predicted octanol–water partition coefficient (Wildman–Crippen LogP) is 15.8. The van der Waals surface area contributed by atoms with E-state index >= 15 is 0 Å². The summed E-state index contributed by atoms with van der Waals surface area (Å²) in [6.45, 7) is 3.91. The molecule has 0 unspecified atom stereocenters. The van der Waals surface area contributed by atoms with Gasteiger partial charge in [0.1, 0.15) is 22.3 Å². The summed E-state index contributed by atoms with van der Waals surface area (Å²) in [4.78, 5) is 2.33. The van der Waals surface area contributed by atoms with Crippen molar-refractivity contribution in [2.75, 3.05) is 4.90 Å². The molecule has 0 spiro atoms. The fraction of sp³-hybridized carbons (Fsp3) is 0. The minimum absolute atomic E-state index is 0.902. The summed E-state index contributed by atoms with van der Waals surface area (Å²) in [5.41, 5.74) is 14.8. The van der Waals surface area contributed by atoms with E-state index in [1.165, 1.54) is 27.5 Å². The van der Waals surface area contributed by atoms with Gasteiger partial charge in [-0.2, -0.15) is 0 Å². The Labute approximate surface area is 330 Å². The van der Waals surface area contributed by atoms with Crippen molar-refractivity contribution in [3.8, 4) is 33.4 Å². The van der Waals surface area contributed by atoms with Crippen molar-refractivity contribution in [1.82, 2.24) is 0 Å². The Morgan fingerprint density at radius 3 is 1.63 bits per heavy atom. The number of hydrogen-bond donors (Lipinski definition) is 0. The lowest BCUT2D eigenvalue weighted by Crippen LogP contribution is -2.09. The second-order valence-corrected chi connectivity index (χ2v) is 14.6. The fourth-order valence-electron chi connectivity index (χ4n) is 8.28. The summed E-state index contributed by atoms with van der Waals surface area (Å²) >= 11 is 0. The van der Waals surface area contributed by atoms with E-state index in [4.69, 9.17) is 8.83 Å². The van der Waals surface area contributed by atoms with Crippen LogP contribution in [0.5, 0.6) is 0 Å². The van der Waals surface area contributed by atoms with Gasteiger partial charge < -0.3 is 13.7 Å². The smallest absolute Gasteiger partial charge is 0.143 e. The van der Waals surface area contributed by atoms with Gasteiger partial charge in [-0.25, -0.2) is 0 Å². The molecule has 11 rings (SSSR count). The molecule has 0 aliphatic carbocycles. The van der Waals surface area contributed by atoms with Gasteiger partial charge in [0.15, 0.2) is 0 Å². The molecule has 0 radical (unpaired) electrons. The highest BCUT2D eigenvalue weighted by atomic mass is 16.3. The van der Waals surface area contributed by atoms with E-state index in [2.05, 4.69) is 181 Å². The van der Waals surface area contributed by atoms with Crippen molar-refractivity contribution in [2.24, 2.45) is 0 Å². The molecule has 9 aromatic carbocycles. The van der Waals surface area contributed by atoms with Crippen molar-refractivity contribution >= 4 is 77.8 Å². The van der Waals surface area contributed by atoms with Crippen LogP contribution in [0.1, 0.15) is 5.56 Å². The highest BCUT2D eigenvalue weighted by Crippen LogP contribution is 2.41. The van der Waals surface area contributed by atoms with Crippen LogP contribution in [-0.2, 0) is 0 Å². The molecule has 57 heavy (non-hydrogen) atoms. The fourth-order valence-corrected chi connectivity index (χ4v) is 8.28. The van der Waals surface area contributed by atoms with E-state index in [0.29, 0.717) is 0 Å². The van der Waals surface area contributed by atoms with E-state index in [1.54, 1.807) is 0 Å². The van der Waals surface area contributed by atoms with Crippen LogP contribution in [0.4, 0.5) is 17.1 Å². The Balaban J connectivity index is 0.983. The summed E-state index contributed by atoms with van der Waals surface area (Å²) in [6.07, 6.45) is 1.87. The number of nitrogens with zero attached hydrogens (tertiary/aromatic N) is 1. The summed E-state index contributed by atoms with van der Waals surface area (Å²) in [5, 5.41) is 6.88. The molecule has 11 aromatic rings. The molecule has 0 saturated carbocycles.